The Kier molecular flexibility index (Phi) is 9.46. The van der Waals surface area contributed by atoms with Gasteiger partial charge in [0.1, 0.15) is 5.01 Å². The van der Waals surface area contributed by atoms with Crippen LogP contribution in [-0.4, -0.2) is 37.7 Å². The van der Waals surface area contributed by atoms with Crippen LogP contribution in [0.1, 0.15) is 35.2 Å². The van der Waals surface area contributed by atoms with Crippen molar-refractivity contribution in [2.75, 3.05) is 26.8 Å². The van der Waals surface area contributed by atoms with E-state index in [-0.39, 0.29) is 29.4 Å². The first-order chi connectivity index (χ1) is 13.2. The van der Waals surface area contributed by atoms with Crippen LogP contribution in [0, 0.1) is 0 Å². The third kappa shape index (κ3) is 5.81. The lowest BCUT2D eigenvalue weighted by Gasteiger charge is -2.38. The van der Waals surface area contributed by atoms with Crippen molar-refractivity contribution in [3.05, 3.63) is 50.9 Å². The lowest BCUT2D eigenvalue weighted by Crippen LogP contribution is -2.48. The van der Waals surface area contributed by atoms with Gasteiger partial charge in [0.25, 0.3) is 0 Å². The van der Waals surface area contributed by atoms with Crippen LogP contribution in [0.2, 0.25) is 5.02 Å². The van der Waals surface area contributed by atoms with Crippen LogP contribution in [0.25, 0.3) is 0 Å². The van der Waals surface area contributed by atoms with Crippen LogP contribution in [0.4, 0.5) is 0 Å². The monoisotopic (exact) mass is 534 g/mol. The summed E-state index contributed by atoms with van der Waals surface area (Å²) in [6.45, 7) is 5.08. The molecule has 3 rings (SSSR count). The third-order valence-electron chi connectivity index (χ3n) is 5.07. The summed E-state index contributed by atoms with van der Waals surface area (Å²) in [4.78, 5) is 10.1. The molecule has 2 aromatic rings. The molecule has 154 valence electrons. The molecule has 1 fully saturated rings. The molecular weight excluding hydrogens is 507 g/mol. The van der Waals surface area contributed by atoms with Gasteiger partial charge < -0.3 is 15.4 Å². The maximum absolute atomic E-state index is 6.53. The zero-order valence-corrected chi connectivity index (χ0v) is 20.2. The molecular formula is C20H28ClIN4OS. The number of aliphatic imine (C=N–C) groups is 1. The summed E-state index contributed by atoms with van der Waals surface area (Å²) in [6, 6.07) is 8.13. The lowest BCUT2D eigenvalue weighted by atomic mass is 9.74. The molecule has 0 saturated carbocycles. The van der Waals surface area contributed by atoms with Crippen LogP contribution in [-0.2, 0) is 23.1 Å². The molecule has 0 aliphatic carbocycles. The van der Waals surface area contributed by atoms with Crippen molar-refractivity contribution in [2.45, 2.75) is 38.1 Å². The molecule has 0 unspecified atom stereocenters. The van der Waals surface area contributed by atoms with Crippen LogP contribution in [0.5, 0.6) is 0 Å². The number of guanidine groups is 1. The summed E-state index contributed by atoms with van der Waals surface area (Å²) < 4.78 is 5.61. The summed E-state index contributed by atoms with van der Waals surface area (Å²) in [5.41, 5.74) is 1.13. The van der Waals surface area contributed by atoms with Crippen molar-refractivity contribution in [2.24, 2.45) is 4.99 Å². The van der Waals surface area contributed by atoms with Gasteiger partial charge in [-0.25, -0.2) is 4.98 Å². The quantitative estimate of drug-likeness (QED) is 0.328. The van der Waals surface area contributed by atoms with E-state index in [0.29, 0.717) is 6.54 Å². The average Bonchev–Trinajstić information content (AvgIpc) is 3.17. The van der Waals surface area contributed by atoms with Gasteiger partial charge in [-0.2, -0.15) is 0 Å². The number of ether oxygens (including phenoxy) is 1. The second-order valence-electron chi connectivity index (χ2n) is 6.73. The Morgan fingerprint density at radius 3 is 2.68 bits per heavy atom. The SMILES string of the molecule is CCc1cnc(CNC(=NC)NCC2(c3ccccc3Cl)CCOCC2)s1.I. The molecule has 1 aromatic heterocycles. The minimum Gasteiger partial charge on any atom is -0.381 e. The molecule has 1 aliphatic heterocycles. The number of aromatic nitrogens is 1. The van der Waals surface area contributed by atoms with Gasteiger partial charge in [-0.3, -0.25) is 4.99 Å². The normalized spacial score (nSPS) is 16.3. The summed E-state index contributed by atoms with van der Waals surface area (Å²) in [5.74, 6) is 0.779. The minimum atomic E-state index is -0.0508. The van der Waals surface area contributed by atoms with Crippen molar-refractivity contribution >= 4 is 52.9 Å². The van der Waals surface area contributed by atoms with E-state index in [1.807, 2.05) is 18.3 Å². The van der Waals surface area contributed by atoms with Gasteiger partial charge in [0.05, 0.1) is 6.54 Å². The number of benzene rings is 1. The number of thiazole rings is 1. The van der Waals surface area contributed by atoms with E-state index in [1.54, 1.807) is 18.4 Å². The topological polar surface area (TPSA) is 58.5 Å². The van der Waals surface area contributed by atoms with Gasteiger partial charge in [0.2, 0.25) is 0 Å². The van der Waals surface area contributed by atoms with E-state index in [4.69, 9.17) is 16.3 Å². The van der Waals surface area contributed by atoms with Crippen LogP contribution < -0.4 is 10.6 Å². The highest BCUT2D eigenvalue weighted by atomic mass is 127. The highest BCUT2D eigenvalue weighted by Gasteiger charge is 2.36. The molecule has 2 N–H and O–H groups in total. The van der Waals surface area contributed by atoms with Crippen molar-refractivity contribution in [1.82, 2.24) is 15.6 Å². The molecule has 8 heteroatoms. The van der Waals surface area contributed by atoms with E-state index in [1.165, 1.54) is 10.4 Å². The smallest absolute Gasteiger partial charge is 0.191 e. The Balaban J connectivity index is 0.00000280. The maximum Gasteiger partial charge on any atom is 0.191 e. The zero-order chi connectivity index (χ0) is 19.1. The molecule has 1 aromatic carbocycles. The first-order valence-electron chi connectivity index (χ1n) is 9.38. The number of nitrogens with zero attached hydrogens (tertiary/aromatic N) is 2. The van der Waals surface area contributed by atoms with E-state index in [0.717, 1.165) is 55.0 Å². The van der Waals surface area contributed by atoms with Gasteiger partial charge in [0.15, 0.2) is 5.96 Å². The van der Waals surface area contributed by atoms with E-state index in [2.05, 4.69) is 39.7 Å². The highest BCUT2D eigenvalue weighted by Crippen LogP contribution is 2.38. The first-order valence-corrected chi connectivity index (χ1v) is 10.6. The fourth-order valence-corrected chi connectivity index (χ4v) is 4.56. The largest absolute Gasteiger partial charge is 0.381 e. The highest BCUT2D eigenvalue weighted by molar-refractivity contribution is 14.0. The summed E-state index contributed by atoms with van der Waals surface area (Å²) in [5, 5.41) is 8.76. The summed E-state index contributed by atoms with van der Waals surface area (Å²) in [6.07, 6.45) is 4.85. The van der Waals surface area contributed by atoms with Crippen molar-refractivity contribution in [3.8, 4) is 0 Å². The standard InChI is InChI=1S/C20H27ClN4OS.HI/c1-3-15-12-23-18(27-15)13-24-19(22-2)25-14-20(8-10-26-11-9-20)16-6-4-5-7-17(16)21;/h4-7,12H,3,8-11,13-14H2,1-2H3,(H2,22,24,25);1H. The molecule has 1 saturated heterocycles. The van der Waals surface area contributed by atoms with Crippen LogP contribution in [0.3, 0.4) is 0 Å². The zero-order valence-electron chi connectivity index (χ0n) is 16.3. The number of aryl methyl sites for hydroxylation is 1. The molecule has 2 heterocycles. The molecule has 0 spiro atoms. The number of halogens is 2. The Hall–Kier alpha value is -0.900. The van der Waals surface area contributed by atoms with Gasteiger partial charge >= 0.3 is 0 Å². The Morgan fingerprint density at radius 2 is 2.04 bits per heavy atom. The van der Waals surface area contributed by atoms with Crippen LogP contribution in [0.15, 0.2) is 35.5 Å². The maximum atomic E-state index is 6.53. The predicted octanol–water partition coefficient (Wildman–Crippen LogP) is 4.39. The predicted molar refractivity (Wildman–Crippen MR) is 128 cm³/mol. The minimum absolute atomic E-state index is 0. The second-order valence-corrected chi connectivity index (χ2v) is 8.33. The van der Waals surface area contributed by atoms with Crippen LogP contribution >= 0.6 is 46.9 Å². The fourth-order valence-electron chi connectivity index (χ4n) is 3.42. The summed E-state index contributed by atoms with van der Waals surface area (Å²) in [7, 11) is 1.79. The van der Waals surface area contributed by atoms with Gasteiger partial charge in [-0.05, 0) is 30.9 Å². The Labute approximate surface area is 193 Å². The van der Waals surface area contributed by atoms with Crippen molar-refractivity contribution < 1.29 is 4.74 Å². The fraction of sp³-hybridized carbons (Fsp3) is 0.500. The first kappa shape index (κ1) is 23.4. The van der Waals surface area contributed by atoms with E-state index >= 15 is 0 Å². The van der Waals surface area contributed by atoms with Crippen molar-refractivity contribution in [1.29, 1.82) is 0 Å². The number of hydrogen-bond donors (Lipinski definition) is 2. The number of hydrogen-bond acceptors (Lipinski definition) is 4. The van der Waals surface area contributed by atoms with Gasteiger partial charge in [-0.15, -0.1) is 35.3 Å². The van der Waals surface area contributed by atoms with Gasteiger partial charge in [0, 0.05) is 48.3 Å². The Morgan fingerprint density at radius 1 is 1.29 bits per heavy atom. The van der Waals surface area contributed by atoms with Gasteiger partial charge in [-0.1, -0.05) is 36.7 Å². The van der Waals surface area contributed by atoms with Crippen molar-refractivity contribution in [3.63, 3.8) is 0 Å². The molecule has 0 atom stereocenters. The number of rotatable bonds is 6. The molecule has 5 nitrogen and oxygen atoms in total. The molecule has 1 aliphatic rings. The molecule has 0 amide bonds. The molecule has 0 radical (unpaired) electrons. The third-order valence-corrected chi connectivity index (χ3v) is 6.54. The average molecular weight is 535 g/mol. The van der Waals surface area contributed by atoms with E-state index < -0.39 is 0 Å². The lowest BCUT2D eigenvalue weighted by molar-refractivity contribution is 0.0514. The molecule has 0 bridgehead atoms. The summed E-state index contributed by atoms with van der Waals surface area (Å²) >= 11 is 8.27. The van der Waals surface area contributed by atoms with E-state index in [9.17, 15) is 0 Å². The Bertz CT molecular complexity index is 777. The second kappa shape index (κ2) is 11.3. The number of nitrogens with one attached hydrogen (secondary N) is 2. The molecule has 28 heavy (non-hydrogen) atoms.